The molecule has 0 saturated heterocycles. The van der Waals surface area contributed by atoms with Crippen molar-refractivity contribution in [2.45, 2.75) is 341 Å². The molecular formula is C59H115NO5. The Kier molecular flexibility index (Phi) is 54.0. The molecule has 0 aliphatic carbocycles. The first-order chi connectivity index (χ1) is 32.0. The Morgan fingerprint density at radius 2 is 0.708 bits per heavy atom. The maximum Gasteiger partial charge on any atom is 0.305 e. The van der Waals surface area contributed by atoms with Crippen LogP contribution in [0.1, 0.15) is 328 Å². The zero-order chi connectivity index (χ0) is 47.2. The van der Waals surface area contributed by atoms with E-state index in [1.807, 2.05) is 6.08 Å². The highest BCUT2D eigenvalue weighted by atomic mass is 16.5. The van der Waals surface area contributed by atoms with Gasteiger partial charge in [0.05, 0.1) is 25.4 Å². The Bertz CT molecular complexity index is 970. The summed E-state index contributed by atoms with van der Waals surface area (Å²) in [7, 11) is 0. The van der Waals surface area contributed by atoms with Crippen LogP contribution in [0.3, 0.4) is 0 Å². The van der Waals surface area contributed by atoms with Crippen LogP contribution in [0.4, 0.5) is 0 Å². The van der Waals surface area contributed by atoms with Gasteiger partial charge in [-0.2, -0.15) is 0 Å². The lowest BCUT2D eigenvalue weighted by Crippen LogP contribution is -2.45. The van der Waals surface area contributed by atoms with Gasteiger partial charge in [0.1, 0.15) is 0 Å². The van der Waals surface area contributed by atoms with Crippen LogP contribution in [0.2, 0.25) is 0 Å². The van der Waals surface area contributed by atoms with E-state index in [0.717, 1.165) is 57.8 Å². The summed E-state index contributed by atoms with van der Waals surface area (Å²) >= 11 is 0. The first-order valence-electron chi connectivity index (χ1n) is 29.5. The average molecular weight is 919 g/mol. The number of amides is 1. The normalized spacial score (nSPS) is 12.6. The van der Waals surface area contributed by atoms with Crippen molar-refractivity contribution in [2.75, 3.05) is 13.2 Å². The quantitative estimate of drug-likeness (QED) is 0.0321. The third-order valence-electron chi connectivity index (χ3n) is 13.8. The minimum Gasteiger partial charge on any atom is -0.466 e. The zero-order valence-corrected chi connectivity index (χ0v) is 44.0. The molecule has 0 heterocycles. The van der Waals surface area contributed by atoms with E-state index in [0.29, 0.717) is 19.4 Å². The van der Waals surface area contributed by atoms with Gasteiger partial charge in [0.15, 0.2) is 0 Å². The minimum atomic E-state index is -0.857. The van der Waals surface area contributed by atoms with Crippen molar-refractivity contribution in [2.24, 2.45) is 0 Å². The Labute approximate surface area is 406 Å². The summed E-state index contributed by atoms with van der Waals surface area (Å²) < 4.78 is 5.47. The number of esters is 1. The summed E-state index contributed by atoms with van der Waals surface area (Å²) in [6.45, 7) is 4.89. The highest BCUT2D eigenvalue weighted by Crippen LogP contribution is 2.17. The predicted molar refractivity (Wildman–Crippen MR) is 283 cm³/mol. The molecule has 0 aromatic rings. The van der Waals surface area contributed by atoms with Gasteiger partial charge >= 0.3 is 5.97 Å². The van der Waals surface area contributed by atoms with Gasteiger partial charge in [0.25, 0.3) is 0 Å². The van der Waals surface area contributed by atoms with E-state index < -0.39 is 12.1 Å². The van der Waals surface area contributed by atoms with E-state index in [4.69, 9.17) is 4.74 Å². The average Bonchev–Trinajstić information content (AvgIpc) is 3.31. The van der Waals surface area contributed by atoms with Gasteiger partial charge in [0.2, 0.25) is 5.91 Å². The molecule has 0 radical (unpaired) electrons. The van der Waals surface area contributed by atoms with Gasteiger partial charge < -0.3 is 20.3 Å². The molecule has 0 aliphatic heterocycles. The van der Waals surface area contributed by atoms with Crippen LogP contribution in [0.25, 0.3) is 0 Å². The zero-order valence-electron chi connectivity index (χ0n) is 44.0. The van der Waals surface area contributed by atoms with Gasteiger partial charge in [-0.15, -0.1) is 0 Å². The van der Waals surface area contributed by atoms with E-state index in [1.165, 1.54) is 244 Å². The predicted octanol–water partition coefficient (Wildman–Crippen LogP) is 18.1. The maximum absolute atomic E-state index is 12.5. The summed E-state index contributed by atoms with van der Waals surface area (Å²) in [5, 5.41) is 23.2. The summed E-state index contributed by atoms with van der Waals surface area (Å²) in [4.78, 5) is 24.5. The molecule has 0 bridgehead atoms. The molecule has 0 spiro atoms. The third-order valence-corrected chi connectivity index (χ3v) is 13.8. The van der Waals surface area contributed by atoms with Gasteiger partial charge in [0, 0.05) is 12.8 Å². The lowest BCUT2D eigenvalue weighted by Gasteiger charge is -2.20. The molecule has 1 amide bonds. The molecule has 0 aliphatic rings. The number of aliphatic hydroxyl groups excluding tert-OH is 2. The highest BCUT2D eigenvalue weighted by molar-refractivity contribution is 5.76. The van der Waals surface area contributed by atoms with Crippen molar-refractivity contribution < 1.29 is 24.5 Å². The number of rotatable bonds is 55. The smallest absolute Gasteiger partial charge is 0.305 e. The molecule has 65 heavy (non-hydrogen) atoms. The Hall–Kier alpha value is -1.40. The number of carbonyl (C=O) groups is 2. The number of ether oxygens (including phenoxy) is 1. The summed E-state index contributed by atoms with van der Waals surface area (Å²) in [6, 6.07) is -0.642. The van der Waals surface area contributed by atoms with Gasteiger partial charge in [-0.05, 0) is 32.1 Å². The molecular weight excluding hydrogens is 803 g/mol. The second-order valence-corrected chi connectivity index (χ2v) is 20.3. The second kappa shape index (κ2) is 55.2. The molecule has 0 aromatic carbocycles. The van der Waals surface area contributed by atoms with E-state index in [1.54, 1.807) is 6.08 Å². The molecule has 6 heteroatoms. The fraction of sp³-hybridized carbons (Fsp3) is 0.932. The van der Waals surface area contributed by atoms with Gasteiger partial charge in [-0.25, -0.2) is 0 Å². The van der Waals surface area contributed by atoms with Crippen molar-refractivity contribution in [3.05, 3.63) is 12.2 Å². The highest BCUT2D eigenvalue weighted by Gasteiger charge is 2.18. The second-order valence-electron chi connectivity index (χ2n) is 20.3. The number of nitrogens with one attached hydrogen (secondary N) is 1. The lowest BCUT2D eigenvalue weighted by atomic mass is 10.0. The van der Waals surface area contributed by atoms with Gasteiger partial charge in [-0.3, -0.25) is 9.59 Å². The van der Waals surface area contributed by atoms with Crippen LogP contribution in [-0.2, 0) is 14.3 Å². The number of hydrogen-bond acceptors (Lipinski definition) is 5. The number of aliphatic hydroxyl groups is 2. The molecule has 2 unspecified atom stereocenters. The molecule has 0 rings (SSSR count). The van der Waals surface area contributed by atoms with Crippen LogP contribution < -0.4 is 5.32 Å². The summed E-state index contributed by atoms with van der Waals surface area (Å²) in [5.41, 5.74) is 0. The molecule has 6 nitrogen and oxygen atoms in total. The fourth-order valence-corrected chi connectivity index (χ4v) is 9.28. The van der Waals surface area contributed by atoms with Crippen molar-refractivity contribution in [1.82, 2.24) is 5.32 Å². The first kappa shape index (κ1) is 63.6. The summed E-state index contributed by atoms with van der Waals surface area (Å²) in [5.74, 6) is -0.0949. The Morgan fingerprint density at radius 3 is 1.05 bits per heavy atom. The number of allylic oxidation sites excluding steroid dienone is 1. The minimum absolute atomic E-state index is 0.0121. The first-order valence-corrected chi connectivity index (χ1v) is 29.5. The van der Waals surface area contributed by atoms with Crippen LogP contribution in [-0.4, -0.2) is 47.4 Å². The molecule has 2 atom stereocenters. The van der Waals surface area contributed by atoms with E-state index in [9.17, 15) is 19.8 Å². The largest absolute Gasteiger partial charge is 0.466 e. The van der Waals surface area contributed by atoms with Crippen LogP contribution in [0.15, 0.2) is 12.2 Å². The van der Waals surface area contributed by atoms with E-state index >= 15 is 0 Å². The lowest BCUT2D eigenvalue weighted by molar-refractivity contribution is -0.143. The van der Waals surface area contributed by atoms with Crippen LogP contribution in [0.5, 0.6) is 0 Å². The summed E-state index contributed by atoms with van der Waals surface area (Å²) in [6.07, 6.45) is 65.2. The monoisotopic (exact) mass is 918 g/mol. The molecule has 0 fully saturated rings. The van der Waals surface area contributed by atoms with Crippen molar-refractivity contribution in [1.29, 1.82) is 0 Å². The Morgan fingerprint density at radius 1 is 0.415 bits per heavy atom. The van der Waals surface area contributed by atoms with Crippen molar-refractivity contribution in [3.63, 3.8) is 0 Å². The number of unbranched alkanes of at least 4 members (excludes halogenated alkanes) is 44. The SMILES string of the molecule is CCCCCCCCCCCCCCCCCCCCCCC/C=C/C(O)C(CO)NC(=O)CCCCCCCCCCCCCOC(=O)CCCCCCCCCCCCCCCC. The van der Waals surface area contributed by atoms with Crippen molar-refractivity contribution >= 4 is 11.9 Å². The molecule has 0 aromatic heterocycles. The molecule has 386 valence electrons. The number of hydrogen-bond donors (Lipinski definition) is 3. The van der Waals surface area contributed by atoms with Gasteiger partial charge in [-0.1, -0.05) is 296 Å². The molecule has 0 saturated carbocycles. The molecule has 3 N–H and O–H groups in total. The number of carbonyl (C=O) groups excluding carboxylic acids is 2. The maximum atomic E-state index is 12.5. The van der Waals surface area contributed by atoms with Crippen LogP contribution >= 0.6 is 0 Å². The van der Waals surface area contributed by atoms with Crippen molar-refractivity contribution in [3.8, 4) is 0 Å². The van der Waals surface area contributed by atoms with E-state index in [2.05, 4.69) is 19.2 Å². The van der Waals surface area contributed by atoms with E-state index in [-0.39, 0.29) is 18.5 Å². The van der Waals surface area contributed by atoms with Crippen LogP contribution in [0, 0.1) is 0 Å². The third kappa shape index (κ3) is 51.8. The topological polar surface area (TPSA) is 95.9 Å². The fourth-order valence-electron chi connectivity index (χ4n) is 9.28. The Balaban J connectivity index is 3.48. The standard InChI is InChI=1S/C59H115NO5/c1-3-5-7-9-11-13-15-17-19-20-21-22-23-24-25-26-27-28-31-35-39-43-47-51-57(62)56(55-61)60-58(63)52-48-44-40-36-32-30-34-38-42-46-50-54-65-59(64)53-49-45-41-37-33-29-18-16-14-12-10-8-6-4-2/h47,51,56-57,61-62H,3-46,48-50,52-55H2,1-2H3,(H,60,63)/b51-47+.